The average molecular weight is 444 g/mol. The Morgan fingerprint density at radius 2 is 1.76 bits per heavy atom. The number of fused-ring (bicyclic) bond motifs is 3. The van der Waals surface area contributed by atoms with E-state index >= 15 is 0 Å². The largest absolute Gasteiger partial charge is 0.504 e. The lowest BCUT2D eigenvalue weighted by Crippen LogP contribution is -2.21. The maximum atomic E-state index is 13.1. The van der Waals surface area contributed by atoms with E-state index in [1.807, 2.05) is 12.1 Å². The summed E-state index contributed by atoms with van der Waals surface area (Å²) in [4.78, 5) is 25.4. The Balaban J connectivity index is 1.57. The molecule has 2 aliphatic rings. The van der Waals surface area contributed by atoms with Crippen molar-refractivity contribution in [2.75, 3.05) is 14.2 Å². The lowest BCUT2D eigenvalue weighted by Gasteiger charge is -2.26. The van der Waals surface area contributed by atoms with Gasteiger partial charge >= 0.3 is 5.97 Å². The predicted molar refractivity (Wildman–Crippen MR) is 119 cm³/mol. The molecule has 7 nitrogen and oxygen atoms in total. The molecule has 0 saturated carbocycles. The number of ether oxygens (including phenoxy) is 4. The van der Waals surface area contributed by atoms with E-state index in [-0.39, 0.29) is 23.7 Å². The summed E-state index contributed by atoms with van der Waals surface area (Å²) >= 11 is 0. The van der Waals surface area contributed by atoms with Crippen LogP contribution in [-0.4, -0.2) is 31.1 Å². The quantitative estimate of drug-likeness (QED) is 0.361. The van der Waals surface area contributed by atoms with Gasteiger partial charge in [-0.2, -0.15) is 0 Å². The molecule has 7 heteroatoms. The Bertz CT molecular complexity index is 1300. The predicted octanol–water partition coefficient (Wildman–Crippen LogP) is 4.47. The molecule has 3 aromatic carbocycles. The van der Waals surface area contributed by atoms with Crippen LogP contribution in [0, 0.1) is 0 Å². The molecule has 0 aromatic heterocycles. The van der Waals surface area contributed by atoms with E-state index in [0.717, 1.165) is 5.56 Å². The van der Waals surface area contributed by atoms with Crippen molar-refractivity contribution in [3.05, 3.63) is 82.6 Å². The van der Waals surface area contributed by atoms with Crippen LogP contribution in [0.15, 0.2) is 60.4 Å². The SMILES string of the molecule is COc1ccc(/C=C2\Oc3c(ccc4c3C(c3ccc(OC)c(O)c3)CC(=O)O4)C2=O)cc1. The monoisotopic (exact) mass is 444 g/mol. The molecule has 0 saturated heterocycles. The van der Waals surface area contributed by atoms with Crippen molar-refractivity contribution in [2.45, 2.75) is 12.3 Å². The summed E-state index contributed by atoms with van der Waals surface area (Å²) < 4.78 is 21.8. The standard InChI is InChI=1S/C26H20O7/c1-30-16-6-3-14(4-7-16)11-22-25(29)17-8-10-21-24(26(17)33-22)18(13-23(28)32-21)15-5-9-20(31-2)19(27)12-15/h3-12,18,27H,13H2,1-2H3/b22-11-. The van der Waals surface area contributed by atoms with Gasteiger partial charge in [0, 0.05) is 11.5 Å². The van der Waals surface area contributed by atoms with Crippen molar-refractivity contribution in [2.24, 2.45) is 0 Å². The van der Waals surface area contributed by atoms with E-state index in [1.54, 1.807) is 55.7 Å². The first kappa shape index (κ1) is 20.6. The molecule has 33 heavy (non-hydrogen) atoms. The van der Waals surface area contributed by atoms with Crippen molar-refractivity contribution in [1.29, 1.82) is 0 Å². The van der Waals surface area contributed by atoms with E-state index in [1.165, 1.54) is 7.11 Å². The Labute approximate surface area is 189 Å². The van der Waals surface area contributed by atoms with Crippen LogP contribution in [0.2, 0.25) is 0 Å². The van der Waals surface area contributed by atoms with Crippen molar-refractivity contribution in [3.8, 4) is 28.7 Å². The first-order chi connectivity index (χ1) is 16.0. The molecule has 0 aliphatic carbocycles. The molecule has 0 radical (unpaired) electrons. The number of benzene rings is 3. The van der Waals surface area contributed by atoms with Crippen molar-refractivity contribution in [3.63, 3.8) is 0 Å². The molecular formula is C26H20O7. The maximum Gasteiger partial charge on any atom is 0.312 e. The topological polar surface area (TPSA) is 91.3 Å². The van der Waals surface area contributed by atoms with Gasteiger partial charge in [-0.15, -0.1) is 0 Å². The van der Waals surface area contributed by atoms with Crippen LogP contribution in [0.4, 0.5) is 0 Å². The zero-order valence-corrected chi connectivity index (χ0v) is 18.0. The normalized spacial score (nSPS) is 17.8. The summed E-state index contributed by atoms with van der Waals surface area (Å²) in [5, 5.41) is 10.3. The number of rotatable bonds is 4. The molecule has 166 valence electrons. The number of phenolic OH excluding ortho intramolecular Hbond substituents is 1. The molecule has 0 spiro atoms. The van der Waals surface area contributed by atoms with Gasteiger partial charge in [0.1, 0.15) is 17.2 Å². The number of allylic oxidation sites excluding steroid dienone is 1. The lowest BCUT2D eigenvalue weighted by atomic mass is 9.84. The molecule has 1 N–H and O–H groups in total. The van der Waals surface area contributed by atoms with E-state index in [4.69, 9.17) is 18.9 Å². The third-order valence-corrected chi connectivity index (χ3v) is 5.80. The van der Waals surface area contributed by atoms with E-state index in [9.17, 15) is 14.7 Å². The third-order valence-electron chi connectivity index (χ3n) is 5.80. The highest BCUT2D eigenvalue weighted by Crippen LogP contribution is 2.49. The van der Waals surface area contributed by atoms with Crippen molar-refractivity contribution >= 4 is 17.8 Å². The number of ketones is 1. The van der Waals surface area contributed by atoms with E-state index in [2.05, 4.69) is 0 Å². The van der Waals surface area contributed by atoms with Gasteiger partial charge in [-0.25, -0.2) is 0 Å². The molecule has 1 unspecified atom stereocenters. The van der Waals surface area contributed by atoms with Crippen LogP contribution in [0.25, 0.3) is 6.08 Å². The summed E-state index contributed by atoms with van der Waals surface area (Å²) in [6.07, 6.45) is 1.71. The fourth-order valence-corrected chi connectivity index (χ4v) is 4.17. The number of phenols is 1. The lowest BCUT2D eigenvalue weighted by molar-refractivity contribution is -0.135. The molecule has 1 atom stereocenters. The maximum absolute atomic E-state index is 13.1. The summed E-state index contributed by atoms with van der Waals surface area (Å²) in [6.45, 7) is 0. The highest BCUT2D eigenvalue weighted by atomic mass is 16.5. The molecule has 0 fully saturated rings. The van der Waals surface area contributed by atoms with Gasteiger partial charge in [0.2, 0.25) is 5.78 Å². The molecule has 2 aliphatic heterocycles. The van der Waals surface area contributed by atoms with Crippen LogP contribution in [0.1, 0.15) is 39.4 Å². The summed E-state index contributed by atoms with van der Waals surface area (Å²) in [5.74, 6) is 0.761. The highest BCUT2D eigenvalue weighted by Gasteiger charge is 2.38. The first-order valence-corrected chi connectivity index (χ1v) is 10.3. The molecule has 3 aromatic rings. The van der Waals surface area contributed by atoms with Gasteiger partial charge in [-0.05, 0) is 53.6 Å². The van der Waals surface area contributed by atoms with E-state index < -0.39 is 11.9 Å². The van der Waals surface area contributed by atoms with Crippen LogP contribution in [0.5, 0.6) is 28.7 Å². The average Bonchev–Trinajstić information content (AvgIpc) is 3.14. The molecule has 2 heterocycles. The molecule has 0 amide bonds. The number of hydrogen-bond donors (Lipinski definition) is 1. The van der Waals surface area contributed by atoms with Crippen molar-refractivity contribution < 1.29 is 33.6 Å². The summed E-state index contributed by atoms with van der Waals surface area (Å²) in [6, 6.07) is 15.4. The minimum Gasteiger partial charge on any atom is -0.504 e. The third kappa shape index (κ3) is 3.57. The molecule has 5 rings (SSSR count). The molecule has 0 bridgehead atoms. The minimum atomic E-state index is -0.457. The summed E-state index contributed by atoms with van der Waals surface area (Å²) in [7, 11) is 3.05. The number of carbonyl (C=O) groups excluding carboxylic acids is 2. The second kappa shape index (κ2) is 8.02. The van der Waals surface area contributed by atoms with Crippen LogP contribution in [-0.2, 0) is 4.79 Å². The van der Waals surface area contributed by atoms with Gasteiger partial charge < -0.3 is 24.1 Å². The van der Waals surface area contributed by atoms with Gasteiger partial charge in [0.25, 0.3) is 0 Å². The minimum absolute atomic E-state index is 0.0415. The Kier molecular flexibility index (Phi) is 5.01. The number of Topliss-reactive ketones (excluding diaryl/α,β-unsaturated/α-hetero) is 1. The number of hydrogen-bond acceptors (Lipinski definition) is 7. The van der Waals surface area contributed by atoms with E-state index in [0.29, 0.717) is 39.7 Å². The van der Waals surface area contributed by atoms with Gasteiger partial charge in [0.05, 0.1) is 26.2 Å². The zero-order chi connectivity index (χ0) is 23.1. The smallest absolute Gasteiger partial charge is 0.312 e. The van der Waals surface area contributed by atoms with Gasteiger partial charge in [0.15, 0.2) is 17.3 Å². The summed E-state index contributed by atoms with van der Waals surface area (Å²) in [5.41, 5.74) is 2.46. The Hall–Kier alpha value is -4.26. The van der Waals surface area contributed by atoms with Crippen LogP contribution in [0.3, 0.4) is 0 Å². The number of carbonyl (C=O) groups is 2. The number of esters is 1. The first-order valence-electron chi connectivity index (χ1n) is 10.3. The zero-order valence-electron chi connectivity index (χ0n) is 18.0. The van der Waals surface area contributed by atoms with Crippen LogP contribution < -0.4 is 18.9 Å². The second-order valence-electron chi connectivity index (χ2n) is 7.73. The Morgan fingerprint density at radius 3 is 2.45 bits per heavy atom. The Morgan fingerprint density at radius 1 is 0.970 bits per heavy atom. The molecular weight excluding hydrogens is 424 g/mol. The van der Waals surface area contributed by atoms with Crippen LogP contribution >= 0.6 is 0 Å². The number of aromatic hydroxyl groups is 1. The van der Waals surface area contributed by atoms with Gasteiger partial charge in [-0.3, -0.25) is 9.59 Å². The highest BCUT2D eigenvalue weighted by molar-refractivity contribution is 6.15. The van der Waals surface area contributed by atoms with Crippen molar-refractivity contribution in [1.82, 2.24) is 0 Å². The van der Waals surface area contributed by atoms with Gasteiger partial charge in [-0.1, -0.05) is 18.2 Å². The number of methoxy groups -OCH3 is 2. The fourth-order valence-electron chi connectivity index (χ4n) is 4.17. The fraction of sp³-hybridized carbons (Fsp3) is 0.154. The second-order valence-corrected chi connectivity index (χ2v) is 7.73.